The lowest BCUT2D eigenvalue weighted by atomic mass is 10.1. The molecule has 0 aliphatic carbocycles. The van der Waals surface area contributed by atoms with Crippen molar-refractivity contribution in [3.05, 3.63) is 23.1 Å². The van der Waals surface area contributed by atoms with E-state index in [0.29, 0.717) is 19.4 Å². The number of ether oxygens (including phenoxy) is 2. The number of phosphoric ester groups is 1. The second-order valence-corrected chi connectivity index (χ2v) is 15.7. The van der Waals surface area contributed by atoms with Crippen LogP contribution in [0.4, 0.5) is 4.79 Å². The van der Waals surface area contributed by atoms with Gasteiger partial charge in [-0.1, -0.05) is 121 Å². The lowest BCUT2D eigenvalue weighted by molar-refractivity contribution is -0.122. The molecule has 1 unspecified atom stereocenters. The Hall–Kier alpha value is -2.14. The van der Waals surface area contributed by atoms with Gasteiger partial charge in [0.15, 0.2) is 0 Å². The molecule has 0 rings (SSSR count). The molecule has 0 aromatic carbocycles. The molecule has 14 heteroatoms. The Balaban J connectivity index is 5.06. The summed E-state index contributed by atoms with van der Waals surface area (Å²) in [4.78, 5) is 27.9. The third-order valence-electron chi connectivity index (χ3n) is 7.95. The number of hydrogen-bond donors (Lipinski definition) is 2. The summed E-state index contributed by atoms with van der Waals surface area (Å²) in [5.41, 5.74) is 8.36. The van der Waals surface area contributed by atoms with Gasteiger partial charge < -0.3 is 20.1 Å². The second kappa shape index (κ2) is 32.5. The van der Waals surface area contributed by atoms with E-state index in [-0.39, 0.29) is 44.9 Å². The monoisotopic (exact) mass is 746 g/mol. The first-order valence-corrected chi connectivity index (χ1v) is 21.0. The van der Waals surface area contributed by atoms with Crippen LogP contribution in [0, 0.1) is 0 Å². The first-order chi connectivity index (χ1) is 24.5. The molecule has 3 atom stereocenters. The average Bonchev–Trinajstić information content (AvgIpc) is 3.08. The maximum Gasteiger partial charge on any atom is 0.475 e. The molecule has 0 aliphatic heterocycles. The number of rotatable bonds is 35. The largest absolute Gasteiger partial charge is 0.475 e. The van der Waals surface area contributed by atoms with E-state index in [4.69, 9.17) is 28.6 Å². The fourth-order valence-corrected chi connectivity index (χ4v) is 6.39. The minimum atomic E-state index is -4.09. The molecule has 0 spiro atoms. The minimum absolute atomic E-state index is 0.00684. The summed E-state index contributed by atoms with van der Waals surface area (Å²) in [7, 11) is -4.09. The third kappa shape index (κ3) is 32.3. The highest BCUT2D eigenvalue weighted by atomic mass is 31.2. The normalized spacial score (nSPS) is 13.8. The highest BCUT2D eigenvalue weighted by Gasteiger charge is 2.29. The number of amides is 2. The summed E-state index contributed by atoms with van der Waals surface area (Å²) in [5.74, 6) is -0.147. The van der Waals surface area contributed by atoms with Crippen LogP contribution in [0.3, 0.4) is 0 Å². The number of phosphoric acid groups is 1. The van der Waals surface area contributed by atoms with Crippen LogP contribution >= 0.6 is 7.82 Å². The molecule has 13 nitrogen and oxygen atoms in total. The molecule has 0 radical (unpaired) electrons. The maximum atomic E-state index is 13.4. The predicted molar refractivity (Wildman–Crippen MR) is 205 cm³/mol. The Morgan fingerprint density at radius 3 is 1.98 bits per heavy atom. The Morgan fingerprint density at radius 1 is 0.824 bits per heavy atom. The molecule has 51 heavy (non-hydrogen) atoms. The van der Waals surface area contributed by atoms with Crippen molar-refractivity contribution < 1.29 is 37.2 Å². The summed E-state index contributed by atoms with van der Waals surface area (Å²) in [6.07, 6.45) is 21.2. The molecule has 0 fully saturated rings. The standard InChI is InChI=1S/C37H72N5O8P/c1-7-10-12-14-15-16-17-18-19-21-23-25-35(43)40-34(31-46-29-26-33(41-42-38)24-22-20-13-11-8-2)32-49-51(45,47-28-9-3)48-30-27-39-36(44)50-37(4,5)6/h9,33-34H,3,7-8,10-32H2,1-2,4-6H3,(H,39,44)(H,40,43)/t33-,34-,51?/m1/s1. The second-order valence-electron chi connectivity index (χ2n) is 14.1. The summed E-state index contributed by atoms with van der Waals surface area (Å²) in [6, 6.07) is -0.807. The lowest BCUT2D eigenvalue weighted by Crippen LogP contribution is -2.41. The van der Waals surface area contributed by atoms with Gasteiger partial charge in [-0.05, 0) is 45.6 Å². The molecule has 2 N–H and O–H groups in total. The summed E-state index contributed by atoms with van der Waals surface area (Å²) >= 11 is 0. The van der Waals surface area contributed by atoms with Crippen molar-refractivity contribution in [1.82, 2.24) is 10.6 Å². The van der Waals surface area contributed by atoms with Crippen molar-refractivity contribution in [1.29, 1.82) is 0 Å². The first kappa shape index (κ1) is 48.9. The smallest absolute Gasteiger partial charge is 0.444 e. The van der Waals surface area contributed by atoms with Gasteiger partial charge in [-0.25, -0.2) is 9.36 Å². The van der Waals surface area contributed by atoms with Crippen LogP contribution < -0.4 is 10.6 Å². The zero-order chi connectivity index (χ0) is 38.1. The highest BCUT2D eigenvalue weighted by Crippen LogP contribution is 2.49. The third-order valence-corrected chi connectivity index (χ3v) is 9.38. The van der Waals surface area contributed by atoms with E-state index in [9.17, 15) is 14.2 Å². The van der Waals surface area contributed by atoms with Gasteiger partial charge in [0.05, 0.1) is 32.5 Å². The summed E-state index contributed by atoms with van der Waals surface area (Å²) in [6.45, 7) is 13.2. The first-order valence-electron chi connectivity index (χ1n) is 19.5. The fraction of sp³-hybridized carbons (Fsp3) is 0.892. The highest BCUT2D eigenvalue weighted by molar-refractivity contribution is 7.48. The van der Waals surface area contributed by atoms with Crippen molar-refractivity contribution in [2.45, 2.75) is 174 Å². The van der Waals surface area contributed by atoms with Gasteiger partial charge in [0.25, 0.3) is 0 Å². The number of nitrogens with one attached hydrogen (secondary N) is 2. The summed E-state index contributed by atoms with van der Waals surface area (Å²) < 4.78 is 41.0. The van der Waals surface area contributed by atoms with E-state index >= 15 is 0 Å². The molecular formula is C37H72N5O8P. The van der Waals surface area contributed by atoms with Crippen LogP contribution in [-0.4, -0.2) is 69.3 Å². The average molecular weight is 746 g/mol. The number of alkyl carbamates (subject to hydrolysis) is 1. The SMILES string of the molecule is C=CCOP(=O)(OCCNC(=O)OC(C)(C)C)OC[C@@H](COCC[C@@H](CCCCCCC)N=[N+]=[N-])NC(=O)CCCCCCCCCCCCC. The van der Waals surface area contributed by atoms with E-state index in [1.54, 1.807) is 20.8 Å². The molecule has 2 amide bonds. The molecule has 0 saturated heterocycles. The Labute approximate surface area is 309 Å². The topological polar surface area (TPSA) is 170 Å². The van der Waals surface area contributed by atoms with Crippen LogP contribution in [0.5, 0.6) is 0 Å². The van der Waals surface area contributed by atoms with Gasteiger partial charge in [0.1, 0.15) is 5.60 Å². The van der Waals surface area contributed by atoms with Crippen LogP contribution in [0.25, 0.3) is 10.4 Å². The van der Waals surface area contributed by atoms with E-state index < -0.39 is 25.6 Å². The molecular weight excluding hydrogens is 673 g/mol. The van der Waals surface area contributed by atoms with E-state index in [2.05, 4.69) is 41.1 Å². The number of azide groups is 1. The van der Waals surface area contributed by atoms with Crippen molar-refractivity contribution in [3.8, 4) is 0 Å². The molecule has 0 aromatic rings. The lowest BCUT2D eigenvalue weighted by Gasteiger charge is -2.23. The fourth-order valence-electron chi connectivity index (χ4n) is 5.20. The molecule has 0 aliphatic rings. The number of nitrogens with zero attached hydrogens (tertiary/aromatic N) is 3. The van der Waals surface area contributed by atoms with Gasteiger partial charge >= 0.3 is 13.9 Å². The van der Waals surface area contributed by atoms with Crippen LogP contribution in [-0.2, 0) is 32.4 Å². The molecule has 298 valence electrons. The zero-order valence-electron chi connectivity index (χ0n) is 32.7. The van der Waals surface area contributed by atoms with Gasteiger partial charge in [-0.2, -0.15) is 0 Å². The molecule has 0 aromatic heterocycles. The van der Waals surface area contributed by atoms with E-state index in [1.165, 1.54) is 76.7 Å². The summed E-state index contributed by atoms with van der Waals surface area (Å²) in [5, 5.41) is 9.43. The maximum absolute atomic E-state index is 13.4. The number of carbonyl (C=O) groups excluding carboxylic acids is 2. The van der Waals surface area contributed by atoms with Gasteiger partial charge in [0.2, 0.25) is 5.91 Å². The Bertz CT molecular complexity index is 991. The number of hydrogen-bond acceptors (Lipinski definition) is 9. The van der Waals surface area contributed by atoms with Crippen molar-refractivity contribution >= 4 is 19.8 Å². The van der Waals surface area contributed by atoms with Crippen molar-refractivity contribution in [2.75, 3.05) is 39.6 Å². The number of unbranched alkanes of at least 4 members (excludes halogenated alkanes) is 14. The van der Waals surface area contributed by atoms with E-state index in [0.717, 1.165) is 38.5 Å². The number of carbonyl (C=O) groups is 2. The van der Waals surface area contributed by atoms with Gasteiger partial charge in [-0.15, -0.1) is 6.58 Å². The molecule has 0 heterocycles. The van der Waals surface area contributed by atoms with Gasteiger partial charge in [-0.3, -0.25) is 18.4 Å². The Kier molecular flexibility index (Phi) is 31.1. The van der Waals surface area contributed by atoms with E-state index in [1.807, 2.05) is 0 Å². The van der Waals surface area contributed by atoms with Crippen LogP contribution in [0.1, 0.15) is 157 Å². The zero-order valence-corrected chi connectivity index (χ0v) is 33.6. The minimum Gasteiger partial charge on any atom is -0.444 e. The van der Waals surface area contributed by atoms with Crippen LogP contribution in [0.15, 0.2) is 17.8 Å². The molecule has 0 saturated carbocycles. The quantitative estimate of drug-likeness (QED) is 0.0161. The van der Waals surface area contributed by atoms with Gasteiger partial charge in [0, 0.05) is 30.5 Å². The Morgan fingerprint density at radius 2 is 1.41 bits per heavy atom. The molecule has 0 bridgehead atoms. The van der Waals surface area contributed by atoms with Crippen molar-refractivity contribution in [2.24, 2.45) is 5.11 Å². The van der Waals surface area contributed by atoms with Crippen molar-refractivity contribution in [3.63, 3.8) is 0 Å². The van der Waals surface area contributed by atoms with Crippen LogP contribution in [0.2, 0.25) is 0 Å². The predicted octanol–water partition coefficient (Wildman–Crippen LogP) is 10.5.